The molecule has 0 radical (unpaired) electrons. The molecule has 2 aromatic carbocycles. The predicted molar refractivity (Wildman–Crippen MR) is 66.2 cm³/mol. The number of hydrogen-bond donors (Lipinski definition) is 1. The van der Waals surface area contributed by atoms with Crippen LogP contribution in [0.2, 0.25) is 0 Å². The van der Waals surface area contributed by atoms with E-state index < -0.39 is 0 Å². The minimum absolute atomic E-state index is 1.09. The van der Waals surface area contributed by atoms with Crippen LogP contribution in [0.3, 0.4) is 0 Å². The molecule has 0 aromatic heterocycles. The summed E-state index contributed by atoms with van der Waals surface area (Å²) in [5.74, 6) is 0. The zero-order valence-electron chi connectivity index (χ0n) is 9.16. The molecular formula is C14H17N. The Morgan fingerprint density at radius 2 is 1.80 bits per heavy atom. The van der Waals surface area contributed by atoms with Gasteiger partial charge in [-0.05, 0) is 42.8 Å². The zero-order valence-corrected chi connectivity index (χ0v) is 9.16. The van der Waals surface area contributed by atoms with Gasteiger partial charge in [0.1, 0.15) is 0 Å². The molecule has 15 heavy (non-hydrogen) atoms. The van der Waals surface area contributed by atoms with Crippen molar-refractivity contribution in [3.63, 3.8) is 0 Å². The molecule has 0 heterocycles. The smallest absolute Gasteiger partial charge is 0.00487 e. The van der Waals surface area contributed by atoms with E-state index in [0.717, 1.165) is 13.0 Å². The van der Waals surface area contributed by atoms with E-state index in [2.05, 4.69) is 47.8 Å². The van der Waals surface area contributed by atoms with Crippen molar-refractivity contribution in [2.24, 2.45) is 0 Å². The molecule has 2 rings (SSSR count). The van der Waals surface area contributed by atoms with Crippen LogP contribution >= 0.6 is 0 Å². The molecule has 0 aliphatic rings. The maximum absolute atomic E-state index is 3.19. The first-order valence-corrected chi connectivity index (χ1v) is 5.53. The van der Waals surface area contributed by atoms with Crippen molar-refractivity contribution >= 4 is 10.8 Å². The van der Waals surface area contributed by atoms with Crippen molar-refractivity contribution in [1.29, 1.82) is 0 Å². The van der Waals surface area contributed by atoms with Crippen LogP contribution in [0.1, 0.15) is 12.0 Å². The molecule has 0 unspecified atom stereocenters. The van der Waals surface area contributed by atoms with Crippen LogP contribution in [0.5, 0.6) is 0 Å². The van der Waals surface area contributed by atoms with E-state index in [1.807, 2.05) is 7.05 Å². The summed E-state index contributed by atoms with van der Waals surface area (Å²) in [6.07, 6.45) is 2.35. The highest BCUT2D eigenvalue weighted by atomic mass is 14.8. The number of aryl methyl sites for hydroxylation is 1. The SMILES string of the molecule is CNCCCc1cccc2ccccc12. The Morgan fingerprint density at radius 1 is 1.00 bits per heavy atom. The van der Waals surface area contributed by atoms with Gasteiger partial charge in [0.2, 0.25) is 0 Å². The molecule has 0 aliphatic carbocycles. The van der Waals surface area contributed by atoms with Crippen LogP contribution in [0.15, 0.2) is 42.5 Å². The van der Waals surface area contributed by atoms with E-state index in [9.17, 15) is 0 Å². The molecule has 2 aromatic rings. The minimum atomic E-state index is 1.09. The van der Waals surface area contributed by atoms with Gasteiger partial charge in [-0.2, -0.15) is 0 Å². The summed E-state index contributed by atoms with van der Waals surface area (Å²) in [7, 11) is 2.00. The lowest BCUT2D eigenvalue weighted by Crippen LogP contribution is -2.08. The third-order valence-corrected chi connectivity index (χ3v) is 2.75. The number of rotatable bonds is 4. The highest BCUT2D eigenvalue weighted by Gasteiger charge is 1.98. The summed E-state index contributed by atoms with van der Waals surface area (Å²) in [6, 6.07) is 15.2. The van der Waals surface area contributed by atoms with E-state index in [1.165, 1.54) is 22.8 Å². The first kappa shape index (κ1) is 10.2. The minimum Gasteiger partial charge on any atom is -0.320 e. The van der Waals surface area contributed by atoms with E-state index in [4.69, 9.17) is 0 Å². The van der Waals surface area contributed by atoms with Gasteiger partial charge in [0.05, 0.1) is 0 Å². The van der Waals surface area contributed by atoms with Crippen LogP contribution in [0.25, 0.3) is 10.8 Å². The second kappa shape index (κ2) is 4.94. The van der Waals surface area contributed by atoms with Crippen molar-refractivity contribution in [2.45, 2.75) is 12.8 Å². The monoisotopic (exact) mass is 199 g/mol. The second-order valence-corrected chi connectivity index (χ2v) is 3.85. The fourth-order valence-corrected chi connectivity index (χ4v) is 1.97. The van der Waals surface area contributed by atoms with Gasteiger partial charge in [-0.15, -0.1) is 0 Å². The summed E-state index contributed by atoms with van der Waals surface area (Å²) < 4.78 is 0. The molecule has 78 valence electrons. The van der Waals surface area contributed by atoms with Gasteiger partial charge in [0, 0.05) is 0 Å². The Balaban J connectivity index is 2.26. The molecule has 1 heteroatoms. The van der Waals surface area contributed by atoms with Gasteiger partial charge in [0.25, 0.3) is 0 Å². The van der Waals surface area contributed by atoms with Gasteiger partial charge in [-0.3, -0.25) is 0 Å². The molecule has 0 bridgehead atoms. The fourth-order valence-electron chi connectivity index (χ4n) is 1.97. The molecular weight excluding hydrogens is 182 g/mol. The van der Waals surface area contributed by atoms with Crippen molar-refractivity contribution < 1.29 is 0 Å². The third-order valence-electron chi connectivity index (χ3n) is 2.75. The lowest BCUT2D eigenvalue weighted by molar-refractivity contribution is 0.727. The van der Waals surface area contributed by atoms with Crippen LogP contribution < -0.4 is 5.32 Å². The van der Waals surface area contributed by atoms with Gasteiger partial charge in [0.15, 0.2) is 0 Å². The molecule has 0 aliphatic heterocycles. The average molecular weight is 199 g/mol. The average Bonchev–Trinajstić information content (AvgIpc) is 2.30. The summed E-state index contributed by atoms with van der Waals surface area (Å²) >= 11 is 0. The van der Waals surface area contributed by atoms with E-state index in [-0.39, 0.29) is 0 Å². The van der Waals surface area contributed by atoms with E-state index in [0.29, 0.717) is 0 Å². The molecule has 0 spiro atoms. The number of benzene rings is 2. The quantitative estimate of drug-likeness (QED) is 0.746. The topological polar surface area (TPSA) is 12.0 Å². The second-order valence-electron chi connectivity index (χ2n) is 3.85. The Hall–Kier alpha value is -1.34. The molecule has 0 fully saturated rings. The molecule has 0 saturated carbocycles. The summed E-state index contributed by atoms with van der Waals surface area (Å²) in [5.41, 5.74) is 1.46. The molecule has 0 amide bonds. The first-order chi connectivity index (χ1) is 7.42. The Labute approximate surface area is 91.1 Å². The van der Waals surface area contributed by atoms with Crippen LogP contribution in [0, 0.1) is 0 Å². The van der Waals surface area contributed by atoms with Crippen LogP contribution in [0.4, 0.5) is 0 Å². The van der Waals surface area contributed by atoms with Gasteiger partial charge in [-0.1, -0.05) is 42.5 Å². The zero-order chi connectivity index (χ0) is 10.5. The fraction of sp³-hybridized carbons (Fsp3) is 0.286. The Kier molecular flexibility index (Phi) is 3.36. The highest BCUT2D eigenvalue weighted by Crippen LogP contribution is 2.19. The van der Waals surface area contributed by atoms with Crippen LogP contribution in [-0.2, 0) is 6.42 Å². The van der Waals surface area contributed by atoms with Crippen molar-refractivity contribution in [3.8, 4) is 0 Å². The van der Waals surface area contributed by atoms with Gasteiger partial charge >= 0.3 is 0 Å². The standard InChI is InChI=1S/C14H17N/c1-15-11-5-9-13-8-4-7-12-6-2-3-10-14(12)13/h2-4,6-8,10,15H,5,9,11H2,1H3. The molecule has 0 atom stereocenters. The van der Waals surface area contributed by atoms with Crippen molar-refractivity contribution in [3.05, 3.63) is 48.0 Å². The third kappa shape index (κ3) is 2.37. The Bertz CT molecular complexity index is 429. The molecule has 1 nitrogen and oxygen atoms in total. The first-order valence-electron chi connectivity index (χ1n) is 5.53. The maximum atomic E-state index is 3.19. The van der Waals surface area contributed by atoms with Crippen LogP contribution in [-0.4, -0.2) is 13.6 Å². The molecule has 1 N–H and O–H groups in total. The largest absolute Gasteiger partial charge is 0.320 e. The highest BCUT2D eigenvalue weighted by molar-refractivity contribution is 5.85. The normalized spacial score (nSPS) is 10.7. The van der Waals surface area contributed by atoms with Crippen molar-refractivity contribution in [1.82, 2.24) is 5.32 Å². The summed E-state index contributed by atoms with van der Waals surface area (Å²) in [4.78, 5) is 0. The summed E-state index contributed by atoms with van der Waals surface area (Å²) in [5, 5.41) is 5.93. The van der Waals surface area contributed by atoms with E-state index >= 15 is 0 Å². The number of fused-ring (bicyclic) bond motifs is 1. The van der Waals surface area contributed by atoms with E-state index in [1.54, 1.807) is 0 Å². The maximum Gasteiger partial charge on any atom is -0.00487 e. The van der Waals surface area contributed by atoms with Gasteiger partial charge < -0.3 is 5.32 Å². The number of hydrogen-bond acceptors (Lipinski definition) is 1. The lowest BCUT2D eigenvalue weighted by atomic mass is 10.0. The summed E-state index contributed by atoms with van der Waals surface area (Å²) in [6.45, 7) is 1.09. The molecule has 0 saturated heterocycles. The van der Waals surface area contributed by atoms with Gasteiger partial charge in [-0.25, -0.2) is 0 Å². The Morgan fingerprint density at radius 3 is 2.67 bits per heavy atom. The predicted octanol–water partition coefficient (Wildman–Crippen LogP) is 2.99. The van der Waals surface area contributed by atoms with Crippen molar-refractivity contribution in [2.75, 3.05) is 13.6 Å². The lowest BCUT2D eigenvalue weighted by Gasteiger charge is -2.05. The number of nitrogens with one attached hydrogen (secondary N) is 1.